The number of carbonyl (C=O) groups excluding carboxylic acids is 1. The number of aliphatic imine (C=N–C) groups is 1. The highest BCUT2D eigenvalue weighted by molar-refractivity contribution is 6.05. The van der Waals surface area contributed by atoms with Gasteiger partial charge in [0, 0.05) is 11.3 Å². The van der Waals surface area contributed by atoms with Crippen LogP contribution in [0.3, 0.4) is 0 Å². The van der Waals surface area contributed by atoms with Gasteiger partial charge >= 0.3 is 0 Å². The van der Waals surface area contributed by atoms with Crippen LogP contribution in [0.15, 0.2) is 29.4 Å². The molecule has 1 amide bonds. The summed E-state index contributed by atoms with van der Waals surface area (Å²) < 4.78 is 71.1. The normalized spacial score (nSPS) is 18.0. The lowest BCUT2D eigenvalue weighted by Crippen LogP contribution is -2.53. The Kier molecular flexibility index (Phi) is 6.34. The molecule has 0 saturated carbocycles. The van der Waals surface area contributed by atoms with Crippen LogP contribution in [0.25, 0.3) is 0 Å². The van der Waals surface area contributed by atoms with Gasteiger partial charge in [-0.05, 0) is 18.2 Å². The second-order valence-electron chi connectivity index (χ2n) is 6.62. The second-order valence-corrected chi connectivity index (χ2v) is 6.62. The lowest BCUT2D eigenvalue weighted by Gasteiger charge is -2.34. The van der Waals surface area contributed by atoms with Crippen molar-refractivity contribution in [1.82, 2.24) is 9.97 Å². The molecule has 0 unspecified atom stereocenters. The molecular formula is C18H17F5N6O2. The van der Waals surface area contributed by atoms with Crippen molar-refractivity contribution in [3.8, 4) is 0 Å². The number of ether oxygens (including phenoxy) is 1. The molecule has 1 aromatic heterocycles. The number of amidine groups is 1. The number of nitrogens with one attached hydrogen (secondary N) is 1. The predicted octanol–water partition coefficient (Wildman–Crippen LogP) is 2.49. The molecule has 0 radical (unpaired) electrons. The van der Waals surface area contributed by atoms with E-state index in [9.17, 15) is 26.7 Å². The number of nitrogen functional groups attached to an aromatic ring is 1. The van der Waals surface area contributed by atoms with E-state index in [4.69, 9.17) is 16.2 Å². The van der Waals surface area contributed by atoms with E-state index < -0.39 is 66.2 Å². The highest BCUT2D eigenvalue weighted by Gasteiger charge is 2.41. The molecule has 1 aliphatic rings. The third kappa shape index (κ3) is 4.40. The Labute approximate surface area is 172 Å². The number of rotatable bonds is 6. The van der Waals surface area contributed by atoms with Crippen LogP contribution in [-0.2, 0) is 4.74 Å². The van der Waals surface area contributed by atoms with Gasteiger partial charge < -0.3 is 21.5 Å². The smallest absolute Gasteiger partial charge is 0.281 e. The Morgan fingerprint density at radius 2 is 2.00 bits per heavy atom. The molecule has 8 nitrogen and oxygen atoms in total. The van der Waals surface area contributed by atoms with Gasteiger partial charge in [0.2, 0.25) is 0 Å². The van der Waals surface area contributed by atoms with Crippen molar-refractivity contribution in [2.45, 2.75) is 18.1 Å². The number of halogens is 5. The van der Waals surface area contributed by atoms with Crippen LogP contribution in [0, 0.1) is 5.82 Å². The number of hydrogen-bond acceptors (Lipinski definition) is 7. The van der Waals surface area contributed by atoms with Gasteiger partial charge in [0.25, 0.3) is 12.3 Å². The number of nitrogens with zero attached hydrogens (tertiary/aromatic N) is 3. The average molecular weight is 444 g/mol. The van der Waals surface area contributed by atoms with Gasteiger partial charge in [-0.1, -0.05) is 0 Å². The van der Waals surface area contributed by atoms with Crippen LogP contribution in [0.5, 0.6) is 0 Å². The first kappa shape index (κ1) is 22.3. The van der Waals surface area contributed by atoms with Crippen molar-refractivity contribution in [2.24, 2.45) is 10.7 Å². The van der Waals surface area contributed by atoms with Crippen molar-refractivity contribution in [2.75, 3.05) is 31.0 Å². The van der Waals surface area contributed by atoms with E-state index in [-0.39, 0.29) is 17.9 Å². The molecule has 0 aliphatic carbocycles. The molecule has 3 rings (SSSR count). The van der Waals surface area contributed by atoms with Crippen LogP contribution < -0.4 is 16.8 Å². The first-order valence-electron chi connectivity index (χ1n) is 8.81. The fourth-order valence-corrected chi connectivity index (χ4v) is 2.81. The number of anilines is 2. The maximum Gasteiger partial charge on any atom is 0.281 e. The zero-order valence-corrected chi connectivity index (χ0v) is 15.8. The topological polar surface area (TPSA) is 129 Å². The van der Waals surface area contributed by atoms with Crippen molar-refractivity contribution in [3.05, 3.63) is 47.2 Å². The molecule has 2 aromatic rings. The van der Waals surface area contributed by atoms with Gasteiger partial charge in [-0.3, -0.25) is 9.79 Å². The van der Waals surface area contributed by atoms with Crippen molar-refractivity contribution < 1.29 is 31.5 Å². The number of alkyl halides is 4. The quantitative estimate of drug-likeness (QED) is 0.588. The molecule has 0 fully saturated rings. The van der Waals surface area contributed by atoms with E-state index in [0.717, 1.165) is 6.07 Å². The lowest BCUT2D eigenvalue weighted by molar-refractivity contribution is -0.0412. The van der Waals surface area contributed by atoms with E-state index in [1.807, 2.05) is 0 Å². The van der Waals surface area contributed by atoms with E-state index >= 15 is 0 Å². The average Bonchev–Trinajstić information content (AvgIpc) is 2.75. The summed E-state index contributed by atoms with van der Waals surface area (Å²) in [5, 5.41) is 2.39. The highest BCUT2D eigenvalue weighted by atomic mass is 19.3. The number of aromatic nitrogens is 2. The molecule has 166 valence electrons. The van der Waals surface area contributed by atoms with Gasteiger partial charge in [0.15, 0.2) is 17.1 Å². The predicted molar refractivity (Wildman–Crippen MR) is 101 cm³/mol. The summed E-state index contributed by atoms with van der Waals surface area (Å²) in [6.07, 6.45) is -2.20. The van der Waals surface area contributed by atoms with E-state index in [1.54, 1.807) is 0 Å². The number of benzene rings is 1. The summed E-state index contributed by atoms with van der Waals surface area (Å²) in [4.78, 5) is 23.3. The van der Waals surface area contributed by atoms with Gasteiger partial charge in [-0.2, -0.15) is 0 Å². The SMILES string of the molecule is NC1=N[C@H](c2cc(NC(=O)c3ncc(C(F)F)nc3N)ccc2F)COC1(CF)CF. The van der Waals surface area contributed by atoms with Gasteiger partial charge in [0.1, 0.15) is 36.7 Å². The first-order valence-corrected chi connectivity index (χ1v) is 8.81. The molecule has 1 aliphatic heterocycles. The number of amides is 1. The largest absolute Gasteiger partial charge is 0.385 e. The van der Waals surface area contributed by atoms with Crippen molar-refractivity contribution >= 4 is 23.2 Å². The molecule has 5 N–H and O–H groups in total. The molecule has 1 aromatic carbocycles. The molecular weight excluding hydrogens is 427 g/mol. The first-order chi connectivity index (χ1) is 14.7. The number of nitrogens with two attached hydrogens (primary N) is 2. The Bertz CT molecular complexity index is 1010. The monoisotopic (exact) mass is 444 g/mol. The third-order valence-electron chi connectivity index (χ3n) is 4.58. The van der Waals surface area contributed by atoms with Crippen LogP contribution in [-0.4, -0.2) is 47.3 Å². The summed E-state index contributed by atoms with van der Waals surface area (Å²) in [7, 11) is 0. The molecule has 2 heterocycles. The Balaban J connectivity index is 1.84. The third-order valence-corrected chi connectivity index (χ3v) is 4.58. The number of carbonyl (C=O) groups is 1. The zero-order valence-electron chi connectivity index (χ0n) is 15.8. The molecule has 13 heteroatoms. The van der Waals surface area contributed by atoms with Crippen LogP contribution in [0.4, 0.5) is 33.5 Å². The van der Waals surface area contributed by atoms with Gasteiger partial charge in [0.05, 0.1) is 12.8 Å². The zero-order chi connectivity index (χ0) is 22.8. The summed E-state index contributed by atoms with van der Waals surface area (Å²) >= 11 is 0. The highest BCUT2D eigenvalue weighted by Crippen LogP contribution is 2.31. The summed E-state index contributed by atoms with van der Waals surface area (Å²) in [6, 6.07) is 2.45. The van der Waals surface area contributed by atoms with E-state index in [0.29, 0.717) is 6.20 Å². The molecule has 1 atom stereocenters. The molecule has 0 spiro atoms. The summed E-state index contributed by atoms with van der Waals surface area (Å²) in [6.45, 7) is -2.83. The maximum absolute atomic E-state index is 14.3. The molecule has 31 heavy (non-hydrogen) atoms. The molecule has 0 saturated heterocycles. The summed E-state index contributed by atoms with van der Waals surface area (Å²) in [5.74, 6) is -2.56. The maximum atomic E-state index is 14.3. The minimum absolute atomic E-state index is 0.0563. The number of hydrogen-bond donors (Lipinski definition) is 3. The van der Waals surface area contributed by atoms with E-state index in [1.165, 1.54) is 12.1 Å². The minimum Gasteiger partial charge on any atom is -0.385 e. The Morgan fingerprint density at radius 1 is 1.29 bits per heavy atom. The van der Waals surface area contributed by atoms with Gasteiger partial charge in [-0.25, -0.2) is 31.9 Å². The fraction of sp³-hybridized carbons (Fsp3) is 0.333. The van der Waals surface area contributed by atoms with Crippen LogP contribution in [0.1, 0.15) is 34.2 Å². The Morgan fingerprint density at radius 3 is 2.58 bits per heavy atom. The van der Waals surface area contributed by atoms with Crippen molar-refractivity contribution in [3.63, 3.8) is 0 Å². The second kappa shape index (κ2) is 8.79. The lowest BCUT2D eigenvalue weighted by atomic mass is 10.0. The Hall–Kier alpha value is -3.35. The standard InChI is InChI=1S/C18H17F5N6O2/c19-6-18(7-20)17(25)29-12(5-31-18)9-3-8(1-2-10(9)21)27-16(30)13-15(24)28-11(4-26-13)14(22)23/h1-4,12,14H,5-7H2,(H2,24,28)(H2,25,29)(H,27,30)/t12-/m0/s1. The van der Waals surface area contributed by atoms with Crippen LogP contribution in [0.2, 0.25) is 0 Å². The van der Waals surface area contributed by atoms with Crippen molar-refractivity contribution in [1.29, 1.82) is 0 Å². The van der Waals surface area contributed by atoms with Gasteiger partial charge in [-0.15, -0.1) is 0 Å². The van der Waals surface area contributed by atoms with Crippen LogP contribution >= 0.6 is 0 Å². The summed E-state index contributed by atoms with van der Waals surface area (Å²) in [5.41, 5.74) is 8.07. The molecule has 0 bridgehead atoms. The van der Waals surface area contributed by atoms with E-state index in [2.05, 4.69) is 20.3 Å². The minimum atomic E-state index is -2.91. The fourth-order valence-electron chi connectivity index (χ4n) is 2.81.